The third-order valence-electron chi connectivity index (χ3n) is 3.69. The van der Waals surface area contributed by atoms with Crippen molar-refractivity contribution in [2.24, 2.45) is 5.92 Å². The number of piperidine rings is 2. The number of hydrogen-bond acceptors (Lipinski definition) is 3. The van der Waals surface area contributed by atoms with Gasteiger partial charge in [-0.25, -0.2) is 4.79 Å². The van der Waals surface area contributed by atoms with E-state index in [-0.39, 0.29) is 17.7 Å². The van der Waals surface area contributed by atoms with Gasteiger partial charge in [-0.3, -0.25) is 9.59 Å². The van der Waals surface area contributed by atoms with E-state index in [1.165, 1.54) is 4.90 Å². The number of carboxylic acid groups (broad SMARTS) is 1. The molecule has 2 atom stereocenters. The van der Waals surface area contributed by atoms with Crippen LogP contribution in [0.15, 0.2) is 0 Å². The number of hydrogen-bond donors (Lipinski definition) is 2. The molecule has 0 aromatic heterocycles. The fraction of sp³-hybridized carbons (Fsp3) is 0.750. The Kier molecular flexibility index (Phi) is 3.84. The number of carbonyl (C=O) groups excluding carboxylic acids is 2. The second-order valence-corrected chi connectivity index (χ2v) is 4.92. The van der Waals surface area contributed by atoms with Gasteiger partial charge in [-0.2, -0.15) is 0 Å². The highest BCUT2D eigenvalue weighted by Gasteiger charge is 2.36. The van der Waals surface area contributed by atoms with E-state index in [9.17, 15) is 14.4 Å². The van der Waals surface area contributed by atoms with Gasteiger partial charge in [0.1, 0.15) is 6.04 Å². The van der Waals surface area contributed by atoms with E-state index in [1.54, 1.807) is 0 Å². The van der Waals surface area contributed by atoms with Crippen LogP contribution in [0.2, 0.25) is 0 Å². The lowest BCUT2D eigenvalue weighted by Gasteiger charge is -2.36. The van der Waals surface area contributed by atoms with Crippen molar-refractivity contribution in [1.82, 2.24) is 10.2 Å². The van der Waals surface area contributed by atoms with E-state index in [1.807, 2.05) is 0 Å². The Morgan fingerprint density at radius 2 is 2.06 bits per heavy atom. The summed E-state index contributed by atoms with van der Waals surface area (Å²) in [5.74, 6) is -1.35. The number of carboxylic acids is 1. The first-order valence-corrected chi connectivity index (χ1v) is 6.39. The molecule has 2 rings (SSSR count). The largest absolute Gasteiger partial charge is 0.480 e. The molecule has 0 aliphatic carbocycles. The van der Waals surface area contributed by atoms with Crippen molar-refractivity contribution in [2.45, 2.75) is 38.1 Å². The van der Waals surface area contributed by atoms with Gasteiger partial charge in [0, 0.05) is 19.5 Å². The van der Waals surface area contributed by atoms with Gasteiger partial charge in [0.2, 0.25) is 11.8 Å². The van der Waals surface area contributed by atoms with E-state index in [0.29, 0.717) is 32.4 Å². The molecule has 2 amide bonds. The molecule has 100 valence electrons. The standard InChI is InChI=1S/C12H18N2O4/c15-10-5-4-8(7-13-10)11(16)14-6-2-1-3-9(14)12(17)18/h8-9H,1-7H2,(H,13,15)(H,17,18)/t8?,9-/m1/s1. The van der Waals surface area contributed by atoms with Gasteiger partial charge in [-0.15, -0.1) is 0 Å². The van der Waals surface area contributed by atoms with E-state index in [4.69, 9.17) is 5.11 Å². The second-order valence-electron chi connectivity index (χ2n) is 4.92. The highest BCUT2D eigenvalue weighted by Crippen LogP contribution is 2.22. The summed E-state index contributed by atoms with van der Waals surface area (Å²) in [6.45, 7) is 0.848. The topological polar surface area (TPSA) is 86.7 Å². The van der Waals surface area contributed by atoms with Crippen molar-refractivity contribution in [1.29, 1.82) is 0 Å². The third kappa shape index (κ3) is 2.63. The summed E-state index contributed by atoms with van der Waals surface area (Å²) in [5, 5.41) is 11.8. The molecule has 0 spiro atoms. The zero-order chi connectivity index (χ0) is 13.1. The van der Waals surface area contributed by atoms with Crippen LogP contribution < -0.4 is 5.32 Å². The highest BCUT2D eigenvalue weighted by atomic mass is 16.4. The molecule has 6 heteroatoms. The minimum Gasteiger partial charge on any atom is -0.480 e. The van der Waals surface area contributed by atoms with Crippen LogP contribution in [0.4, 0.5) is 0 Å². The Morgan fingerprint density at radius 3 is 2.67 bits per heavy atom. The summed E-state index contributed by atoms with van der Waals surface area (Å²) < 4.78 is 0. The summed E-state index contributed by atoms with van der Waals surface area (Å²) in [5.41, 5.74) is 0. The summed E-state index contributed by atoms with van der Waals surface area (Å²) in [7, 11) is 0. The van der Waals surface area contributed by atoms with Crippen LogP contribution in [0.5, 0.6) is 0 Å². The van der Waals surface area contributed by atoms with Crippen molar-refractivity contribution in [2.75, 3.05) is 13.1 Å². The van der Waals surface area contributed by atoms with Crippen molar-refractivity contribution < 1.29 is 19.5 Å². The molecule has 2 aliphatic rings. The van der Waals surface area contributed by atoms with Crippen molar-refractivity contribution in [3.63, 3.8) is 0 Å². The fourth-order valence-electron chi connectivity index (χ4n) is 2.63. The van der Waals surface area contributed by atoms with Crippen LogP contribution in [0.25, 0.3) is 0 Å². The SMILES string of the molecule is O=C1CCC(C(=O)N2CCCC[C@@H]2C(=O)O)CN1. The molecule has 2 saturated heterocycles. The van der Waals surface area contributed by atoms with Gasteiger partial charge in [0.05, 0.1) is 5.92 Å². The molecule has 0 aromatic rings. The van der Waals surface area contributed by atoms with Gasteiger partial charge in [-0.1, -0.05) is 0 Å². The first kappa shape index (κ1) is 12.9. The van der Waals surface area contributed by atoms with Crippen LogP contribution in [0.3, 0.4) is 0 Å². The van der Waals surface area contributed by atoms with Crippen LogP contribution in [-0.4, -0.2) is 46.9 Å². The van der Waals surface area contributed by atoms with E-state index >= 15 is 0 Å². The molecule has 0 bridgehead atoms. The van der Waals surface area contributed by atoms with E-state index in [0.717, 1.165) is 12.8 Å². The number of aliphatic carboxylic acids is 1. The Hall–Kier alpha value is -1.59. The monoisotopic (exact) mass is 254 g/mol. The smallest absolute Gasteiger partial charge is 0.326 e. The molecule has 18 heavy (non-hydrogen) atoms. The summed E-state index contributed by atoms with van der Waals surface area (Å²) in [6, 6.07) is -0.691. The summed E-state index contributed by atoms with van der Waals surface area (Å²) in [6.07, 6.45) is 3.10. The average molecular weight is 254 g/mol. The zero-order valence-electron chi connectivity index (χ0n) is 10.2. The maximum absolute atomic E-state index is 12.3. The normalized spacial score (nSPS) is 28.7. The molecular formula is C12H18N2O4. The number of nitrogens with one attached hydrogen (secondary N) is 1. The van der Waals surface area contributed by atoms with Crippen LogP contribution >= 0.6 is 0 Å². The summed E-state index contributed by atoms with van der Waals surface area (Å²) >= 11 is 0. The Bertz CT molecular complexity index is 359. The molecule has 6 nitrogen and oxygen atoms in total. The number of amides is 2. The number of nitrogens with zero attached hydrogens (tertiary/aromatic N) is 1. The maximum atomic E-state index is 12.3. The molecule has 0 aromatic carbocycles. The minimum absolute atomic E-state index is 0.0347. The molecule has 0 radical (unpaired) electrons. The molecule has 0 saturated carbocycles. The third-order valence-corrected chi connectivity index (χ3v) is 3.69. The maximum Gasteiger partial charge on any atom is 0.326 e. The van der Waals surface area contributed by atoms with E-state index < -0.39 is 12.0 Å². The van der Waals surface area contributed by atoms with Crippen LogP contribution in [0, 0.1) is 5.92 Å². The lowest BCUT2D eigenvalue weighted by Crippen LogP contribution is -2.52. The molecule has 2 N–H and O–H groups in total. The Morgan fingerprint density at radius 1 is 1.28 bits per heavy atom. The first-order chi connectivity index (χ1) is 8.59. The number of carbonyl (C=O) groups is 3. The van der Waals surface area contributed by atoms with Gasteiger partial charge >= 0.3 is 5.97 Å². The van der Waals surface area contributed by atoms with Crippen molar-refractivity contribution in [3.05, 3.63) is 0 Å². The second kappa shape index (κ2) is 5.37. The molecule has 1 unspecified atom stereocenters. The lowest BCUT2D eigenvalue weighted by atomic mass is 9.94. The van der Waals surface area contributed by atoms with Gasteiger partial charge in [0.15, 0.2) is 0 Å². The van der Waals surface area contributed by atoms with Gasteiger partial charge < -0.3 is 15.3 Å². The first-order valence-electron chi connectivity index (χ1n) is 6.39. The molecule has 2 heterocycles. The van der Waals surface area contributed by atoms with Crippen molar-refractivity contribution >= 4 is 17.8 Å². The van der Waals surface area contributed by atoms with Gasteiger partial charge in [-0.05, 0) is 25.7 Å². The number of likely N-dealkylation sites (tertiary alicyclic amines) is 1. The van der Waals surface area contributed by atoms with Crippen LogP contribution in [0.1, 0.15) is 32.1 Å². The highest BCUT2D eigenvalue weighted by molar-refractivity contribution is 5.87. The molecule has 2 fully saturated rings. The average Bonchev–Trinajstić information content (AvgIpc) is 2.39. The predicted octanol–water partition coefficient (Wildman–Crippen LogP) is -0.0217. The lowest BCUT2D eigenvalue weighted by molar-refractivity contribution is -0.154. The molecule has 2 aliphatic heterocycles. The van der Waals surface area contributed by atoms with E-state index in [2.05, 4.69) is 5.32 Å². The van der Waals surface area contributed by atoms with Crippen LogP contribution in [-0.2, 0) is 14.4 Å². The molecular weight excluding hydrogens is 236 g/mol. The van der Waals surface area contributed by atoms with Crippen molar-refractivity contribution in [3.8, 4) is 0 Å². The Labute approximate surface area is 105 Å². The predicted molar refractivity (Wildman–Crippen MR) is 62.7 cm³/mol. The summed E-state index contributed by atoms with van der Waals surface area (Å²) in [4.78, 5) is 36.0. The Balaban J connectivity index is 2.02. The zero-order valence-corrected chi connectivity index (χ0v) is 10.2. The number of rotatable bonds is 2. The fourth-order valence-corrected chi connectivity index (χ4v) is 2.63. The minimum atomic E-state index is -0.928. The quantitative estimate of drug-likeness (QED) is 0.725. The van der Waals surface area contributed by atoms with Gasteiger partial charge in [0.25, 0.3) is 0 Å².